The molecule has 0 bridgehead atoms. The highest BCUT2D eigenvalue weighted by Crippen LogP contribution is 2.08. The van der Waals surface area contributed by atoms with Gasteiger partial charge >= 0.3 is 0 Å². The average Bonchev–Trinajstić information content (AvgIpc) is 2.60. The summed E-state index contributed by atoms with van der Waals surface area (Å²) >= 11 is 0. The summed E-state index contributed by atoms with van der Waals surface area (Å²) < 4.78 is 14.4. The summed E-state index contributed by atoms with van der Waals surface area (Å²) in [6, 6.07) is 8.50. The molecular weight excluding hydrogens is 328 g/mol. The highest BCUT2D eigenvalue weighted by Gasteiger charge is 2.06. The van der Waals surface area contributed by atoms with E-state index in [0.717, 1.165) is 0 Å². The lowest BCUT2D eigenvalue weighted by molar-refractivity contribution is 0.286. The third-order valence-corrected chi connectivity index (χ3v) is 3.93. The number of rotatable bonds is 7. The van der Waals surface area contributed by atoms with Crippen LogP contribution in [0.5, 0.6) is 0 Å². The number of amidine groups is 1. The van der Waals surface area contributed by atoms with Gasteiger partial charge in [-0.25, -0.2) is 19.9 Å². The molecule has 0 aliphatic carbocycles. The standard InChI is InChI=1S/C14H16N8OS/c15-5-6-20-24(23)13-3-1-11(2-4-13)14(16)21-22(17)10-12-9-18-7-8-19-12/h1-4,7-9,20H,6,10,17H2,(H2,16,21). The summed E-state index contributed by atoms with van der Waals surface area (Å²) in [5, 5.41) is 13.7. The lowest BCUT2D eigenvalue weighted by Gasteiger charge is -2.13. The van der Waals surface area contributed by atoms with Crippen LogP contribution in [-0.2, 0) is 17.5 Å². The Balaban J connectivity index is 2.02. The zero-order valence-electron chi connectivity index (χ0n) is 12.7. The van der Waals surface area contributed by atoms with Crippen LogP contribution in [-0.4, -0.2) is 31.7 Å². The van der Waals surface area contributed by atoms with Crippen LogP contribution in [0.15, 0.2) is 52.9 Å². The molecule has 0 saturated carbocycles. The molecule has 1 atom stereocenters. The molecular formula is C14H16N8OS. The van der Waals surface area contributed by atoms with Gasteiger partial charge in [-0.15, -0.1) is 5.10 Å². The highest BCUT2D eigenvalue weighted by atomic mass is 32.2. The minimum atomic E-state index is -1.45. The van der Waals surface area contributed by atoms with Crippen LogP contribution in [0.2, 0.25) is 0 Å². The summed E-state index contributed by atoms with van der Waals surface area (Å²) in [4.78, 5) is 8.57. The Labute approximate surface area is 141 Å². The molecule has 0 fully saturated rings. The molecule has 10 heteroatoms. The zero-order valence-corrected chi connectivity index (χ0v) is 13.5. The van der Waals surface area contributed by atoms with Crippen molar-refractivity contribution in [3.05, 3.63) is 54.1 Å². The van der Waals surface area contributed by atoms with Gasteiger partial charge in [0.2, 0.25) is 0 Å². The second kappa shape index (κ2) is 8.68. The molecule has 0 radical (unpaired) electrons. The van der Waals surface area contributed by atoms with E-state index in [2.05, 4.69) is 19.8 Å². The van der Waals surface area contributed by atoms with Crippen LogP contribution in [0.25, 0.3) is 0 Å². The molecule has 1 aromatic carbocycles. The Morgan fingerprint density at radius 3 is 2.75 bits per heavy atom. The first kappa shape index (κ1) is 17.5. The molecule has 1 heterocycles. The number of benzene rings is 1. The Morgan fingerprint density at radius 2 is 2.12 bits per heavy atom. The van der Waals surface area contributed by atoms with Gasteiger partial charge in [-0.1, -0.05) is 0 Å². The maximum atomic E-state index is 11.8. The van der Waals surface area contributed by atoms with E-state index in [1.807, 2.05) is 6.07 Å². The van der Waals surface area contributed by atoms with Crippen LogP contribution in [0.3, 0.4) is 0 Å². The topological polar surface area (TPSA) is 146 Å². The first-order valence-electron chi connectivity index (χ1n) is 6.84. The average molecular weight is 344 g/mol. The van der Waals surface area contributed by atoms with Crippen molar-refractivity contribution in [1.82, 2.24) is 19.8 Å². The second-order valence-electron chi connectivity index (χ2n) is 4.55. The predicted octanol–water partition coefficient (Wildman–Crippen LogP) is -0.391. The van der Waals surface area contributed by atoms with E-state index < -0.39 is 11.0 Å². The van der Waals surface area contributed by atoms with E-state index in [1.165, 1.54) is 5.12 Å². The smallest absolute Gasteiger partial charge is 0.152 e. The summed E-state index contributed by atoms with van der Waals surface area (Å²) in [6.07, 6.45) is 4.72. The third-order valence-electron chi connectivity index (χ3n) is 2.82. The van der Waals surface area contributed by atoms with Crippen molar-refractivity contribution in [3.8, 4) is 6.07 Å². The van der Waals surface area contributed by atoms with E-state index in [1.54, 1.807) is 42.9 Å². The zero-order chi connectivity index (χ0) is 17.4. The van der Waals surface area contributed by atoms with Crippen molar-refractivity contribution in [2.75, 3.05) is 6.54 Å². The Bertz CT molecular complexity index is 757. The fraction of sp³-hybridized carbons (Fsp3) is 0.143. The van der Waals surface area contributed by atoms with E-state index in [-0.39, 0.29) is 18.9 Å². The van der Waals surface area contributed by atoms with Crippen LogP contribution >= 0.6 is 0 Å². The number of hydrogen-bond acceptors (Lipinski definition) is 7. The normalized spacial score (nSPS) is 12.4. The lowest BCUT2D eigenvalue weighted by Crippen LogP contribution is -2.29. The van der Waals surface area contributed by atoms with E-state index >= 15 is 0 Å². The number of hydrazine groups is 1. The molecule has 0 spiro atoms. The molecule has 124 valence electrons. The quantitative estimate of drug-likeness (QED) is 0.204. The van der Waals surface area contributed by atoms with Gasteiger partial charge in [-0.3, -0.25) is 9.97 Å². The van der Waals surface area contributed by atoms with Crippen molar-refractivity contribution in [2.24, 2.45) is 16.7 Å². The number of nitrogens with zero attached hydrogens (tertiary/aromatic N) is 5. The monoisotopic (exact) mass is 344 g/mol. The van der Waals surface area contributed by atoms with Crippen LogP contribution in [0.4, 0.5) is 0 Å². The summed E-state index contributed by atoms with van der Waals surface area (Å²) in [6.45, 7) is 0.261. The van der Waals surface area contributed by atoms with Gasteiger partial charge in [0.15, 0.2) is 5.84 Å². The molecule has 2 aromatic rings. The minimum absolute atomic E-state index is 0.00245. The molecule has 0 aliphatic heterocycles. The largest absolute Gasteiger partial charge is 0.382 e. The SMILES string of the molecule is N#CCNS(=O)c1ccc(/C(N)=N/N(N)Cc2cnccn2)cc1. The molecule has 0 amide bonds. The molecule has 24 heavy (non-hydrogen) atoms. The highest BCUT2D eigenvalue weighted by molar-refractivity contribution is 7.83. The van der Waals surface area contributed by atoms with Gasteiger partial charge in [-0.2, -0.15) is 5.26 Å². The number of hydrazone groups is 1. The van der Waals surface area contributed by atoms with Crippen molar-refractivity contribution in [2.45, 2.75) is 11.4 Å². The predicted molar refractivity (Wildman–Crippen MR) is 89.0 cm³/mol. The van der Waals surface area contributed by atoms with Crippen molar-refractivity contribution in [3.63, 3.8) is 0 Å². The number of aromatic nitrogens is 2. The maximum absolute atomic E-state index is 11.8. The molecule has 5 N–H and O–H groups in total. The first-order valence-corrected chi connectivity index (χ1v) is 7.99. The lowest BCUT2D eigenvalue weighted by atomic mass is 10.2. The first-order chi connectivity index (χ1) is 11.6. The van der Waals surface area contributed by atoms with Crippen molar-refractivity contribution < 1.29 is 4.21 Å². The van der Waals surface area contributed by atoms with Crippen molar-refractivity contribution in [1.29, 1.82) is 5.26 Å². The van der Waals surface area contributed by atoms with Crippen molar-refractivity contribution >= 4 is 16.8 Å². The Hall–Kier alpha value is -2.87. The number of nitriles is 1. The van der Waals surface area contributed by atoms with Crippen LogP contribution in [0, 0.1) is 11.3 Å². The fourth-order valence-corrected chi connectivity index (χ4v) is 2.49. The number of hydrogen-bond donors (Lipinski definition) is 3. The van der Waals surface area contributed by atoms with Gasteiger partial charge in [0.1, 0.15) is 11.0 Å². The molecule has 1 aromatic heterocycles. The molecule has 0 aliphatic rings. The molecule has 0 saturated heterocycles. The number of nitrogens with two attached hydrogens (primary N) is 2. The fourth-order valence-electron chi connectivity index (χ4n) is 1.74. The van der Waals surface area contributed by atoms with E-state index in [0.29, 0.717) is 16.2 Å². The van der Waals surface area contributed by atoms with Gasteiger partial charge in [-0.05, 0) is 24.3 Å². The summed E-state index contributed by atoms with van der Waals surface area (Å²) in [5.74, 6) is 6.00. The van der Waals surface area contributed by atoms with Gasteiger partial charge in [0.25, 0.3) is 0 Å². The molecule has 1 unspecified atom stereocenters. The van der Waals surface area contributed by atoms with Crippen LogP contribution < -0.4 is 16.3 Å². The van der Waals surface area contributed by atoms with E-state index in [4.69, 9.17) is 16.8 Å². The Kier molecular flexibility index (Phi) is 6.32. The molecule has 2 rings (SSSR count). The van der Waals surface area contributed by atoms with E-state index in [9.17, 15) is 4.21 Å². The molecule has 9 nitrogen and oxygen atoms in total. The second-order valence-corrected chi connectivity index (χ2v) is 5.85. The number of nitrogens with one attached hydrogen (secondary N) is 1. The van der Waals surface area contributed by atoms with Gasteiger partial charge in [0, 0.05) is 18.0 Å². The van der Waals surface area contributed by atoms with Gasteiger partial charge in [0.05, 0.1) is 35.9 Å². The minimum Gasteiger partial charge on any atom is -0.382 e. The van der Waals surface area contributed by atoms with Gasteiger partial charge < -0.3 is 5.73 Å². The summed E-state index contributed by atoms with van der Waals surface area (Å²) in [5.41, 5.74) is 7.20. The van der Waals surface area contributed by atoms with Crippen LogP contribution in [0.1, 0.15) is 11.3 Å². The summed E-state index contributed by atoms with van der Waals surface area (Å²) in [7, 11) is -1.45. The third kappa shape index (κ3) is 5.10. The Morgan fingerprint density at radius 1 is 1.38 bits per heavy atom. The maximum Gasteiger partial charge on any atom is 0.152 e.